The van der Waals surface area contributed by atoms with Crippen LogP contribution in [0.2, 0.25) is 0 Å². The molecule has 0 spiro atoms. The number of halogens is 3. The molecule has 8 heterocycles. The summed E-state index contributed by atoms with van der Waals surface area (Å²) in [6.07, 6.45) is 5.83. The first-order valence-electron chi connectivity index (χ1n) is 50.5. The Hall–Kier alpha value is -13.7. The zero-order valence-electron chi connectivity index (χ0n) is 85.7. The number of alkyl halides is 3. The fourth-order valence-electron chi connectivity index (χ4n) is 20.7. The van der Waals surface area contributed by atoms with Crippen molar-refractivity contribution < 1.29 is 90.7 Å². The van der Waals surface area contributed by atoms with Crippen LogP contribution in [0.3, 0.4) is 0 Å². The number of aryl methyl sites for hydroxylation is 12. The van der Waals surface area contributed by atoms with Crippen LogP contribution in [0.5, 0.6) is 74.7 Å². The minimum Gasteiger partial charge on any atom is -0.508 e. The van der Waals surface area contributed by atoms with Crippen molar-refractivity contribution in [2.75, 3.05) is 92.0 Å². The van der Waals surface area contributed by atoms with E-state index in [0.29, 0.717) is 106 Å². The largest absolute Gasteiger partial charge is 0.508 e. The third-order valence-corrected chi connectivity index (χ3v) is 31.8. The predicted octanol–water partition coefficient (Wildman–Crippen LogP) is 28.3. The number of hydrogen-bond donors (Lipinski definition) is 5. The van der Waals surface area contributed by atoms with E-state index in [1.54, 1.807) is 72.8 Å². The van der Waals surface area contributed by atoms with E-state index in [2.05, 4.69) is 20.0 Å². The third kappa shape index (κ3) is 25.4. The SMILES string of the molecule is Cc1cc(C)c(C(=O)c2sc3cc(C(=O)O)ccc3c2Oc2ccc(O[C@H]3CCN(CCCF)C3)cc2)c(C)c1.Cc1cc(C)c(C(=O)c2sc3cc(O)ccc3c2-c2ccc(O[C@@H]3CCN(CCCF)C3)cc2)c(C)c1.Cc1cc(C)c(C(=O)c2sc3cc(O)ccc3c2Oc2ccc(O[C@H]3CCN(CCCF)C3)cc2)c(C)c1.Cc1cc(C)c(C(=O)c2sc3cc(O)ccc3c2Oc2ccc(O[C@H]3CCNC3)cc2)c(C)c1. The number of carboxylic acid groups (broad SMARTS) is 1. The van der Waals surface area contributed by atoms with Crippen molar-refractivity contribution >= 4 is 115 Å². The van der Waals surface area contributed by atoms with Gasteiger partial charge in [-0.15, -0.1) is 45.3 Å². The Labute approximate surface area is 882 Å². The number of hydrogen-bond acceptors (Lipinski definition) is 23. The van der Waals surface area contributed by atoms with Gasteiger partial charge in [-0.05, 0) is 342 Å². The van der Waals surface area contributed by atoms with Crippen molar-refractivity contribution in [1.82, 2.24) is 20.0 Å². The molecular weight excluding hydrogens is 1960 g/mol. The van der Waals surface area contributed by atoms with Crippen LogP contribution < -0.4 is 38.5 Å². The van der Waals surface area contributed by atoms with Crippen LogP contribution >= 0.6 is 45.3 Å². The lowest BCUT2D eigenvalue weighted by molar-refractivity contribution is 0.0696. The number of carbonyl (C=O) groups is 5. The first-order chi connectivity index (χ1) is 71.8. The van der Waals surface area contributed by atoms with Gasteiger partial charge in [-0.2, -0.15) is 0 Å². The third-order valence-electron chi connectivity index (χ3n) is 27.3. The summed E-state index contributed by atoms with van der Waals surface area (Å²) in [6.45, 7) is 32.1. The quantitative estimate of drug-likeness (QED) is 0.0240. The van der Waals surface area contributed by atoms with E-state index in [9.17, 15) is 57.6 Å². The maximum atomic E-state index is 13.9. The van der Waals surface area contributed by atoms with Crippen LogP contribution in [0.1, 0.15) is 183 Å². The number of aromatic carboxylic acids is 1. The number of likely N-dealkylation sites (tertiary alicyclic amines) is 3. The van der Waals surface area contributed by atoms with E-state index in [1.807, 2.05) is 223 Å². The molecule has 4 aliphatic heterocycles. The van der Waals surface area contributed by atoms with Gasteiger partial charge in [0.05, 0.1) is 30.5 Å². The number of carboxylic acids is 1. The highest BCUT2D eigenvalue weighted by molar-refractivity contribution is 7.23. The Bertz CT molecular complexity index is 7530. The number of carbonyl (C=O) groups excluding carboxylic acids is 4. The van der Waals surface area contributed by atoms with Crippen molar-refractivity contribution in [1.29, 1.82) is 0 Å². The Morgan fingerprint density at radius 1 is 0.329 bits per heavy atom. The number of thiophene rings is 4. The van der Waals surface area contributed by atoms with Crippen molar-refractivity contribution in [2.24, 2.45) is 0 Å². The van der Waals surface area contributed by atoms with Crippen LogP contribution in [0.4, 0.5) is 13.2 Å². The minimum atomic E-state index is -1.03. The van der Waals surface area contributed by atoms with Gasteiger partial charge in [-0.1, -0.05) is 82.9 Å². The second kappa shape index (κ2) is 47.8. The molecule has 0 radical (unpaired) electrons. The van der Waals surface area contributed by atoms with Crippen LogP contribution in [-0.4, -0.2) is 181 Å². The molecule has 4 aromatic heterocycles. The maximum absolute atomic E-state index is 13.9. The molecule has 27 heteroatoms. The smallest absolute Gasteiger partial charge is 0.335 e. The van der Waals surface area contributed by atoms with E-state index >= 15 is 0 Å². The average molecular weight is 2090 g/mol. The summed E-state index contributed by atoms with van der Waals surface area (Å²) in [5.74, 6) is 5.36. The number of phenolic OH excluding ortho intramolecular Hbond substituents is 3. The van der Waals surface area contributed by atoms with Gasteiger partial charge in [0.2, 0.25) is 23.1 Å². The highest BCUT2D eigenvalue weighted by Crippen LogP contribution is 2.50. The Balaban J connectivity index is 0.000000136. The van der Waals surface area contributed by atoms with Gasteiger partial charge in [0.15, 0.2) is 17.2 Å². The maximum Gasteiger partial charge on any atom is 0.335 e. The molecule has 0 aliphatic carbocycles. The van der Waals surface area contributed by atoms with E-state index in [4.69, 9.17) is 33.2 Å². The van der Waals surface area contributed by atoms with Gasteiger partial charge in [-0.3, -0.25) is 47.0 Å². The Morgan fingerprint density at radius 3 is 0.913 bits per heavy atom. The molecule has 772 valence electrons. The lowest BCUT2D eigenvalue weighted by atomic mass is 9.92. The summed E-state index contributed by atoms with van der Waals surface area (Å²) >= 11 is 5.33. The van der Waals surface area contributed by atoms with Crippen molar-refractivity contribution in [3.05, 3.63) is 332 Å². The summed E-state index contributed by atoms with van der Waals surface area (Å²) in [7, 11) is 0. The molecule has 20 rings (SSSR count). The molecule has 20 nitrogen and oxygen atoms in total. The van der Waals surface area contributed by atoms with Gasteiger partial charge in [0.1, 0.15) is 96.5 Å². The molecule has 16 aromatic rings. The summed E-state index contributed by atoms with van der Waals surface area (Å²) < 4.78 is 84.1. The lowest BCUT2D eigenvalue weighted by Crippen LogP contribution is -2.26. The van der Waals surface area contributed by atoms with Crippen molar-refractivity contribution in [3.8, 4) is 85.9 Å². The molecule has 5 N–H and O–H groups in total. The van der Waals surface area contributed by atoms with Gasteiger partial charge < -0.3 is 58.9 Å². The van der Waals surface area contributed by atoms with Gasteiger partial charge >= 0.3 is 5.97 Å². The second-order valence-corrected chi connectivity index (χ2v) is 43.4. The average Bonchev–Trinajstić information content (AvgIpc) is 1.62. The van der Waals surface area contributed by atoms with E-state index < -0.39 is 5.97 Å². The number of phenols is 3. The fourth-order valence-corrected chi connectivity index (χ4v) is 25.2. The number of aromatic hydroxyl groups is 3. The first-order valence-corrected chi connectivity index (χ1v) is 53.8. The summed E-state index contributed by atoms with van der Waals surface area (Å²) in [4.78, 5) is 75.9. The highest BCUT2D eigenvalue weighted by Gasteiger charge is 2.34. The summed E-state index contributed by atoms with van der Waals surface area (Å²) in [5, 5.41) is 46.1. The van der Waals surface area contributed by atoms with Crippen molar-refractivity contribution in [2.45, 2.75) is 152 Å². The molecule has 0 unspecified atom stereocenters. The normalized spacial score (nSPS) is 15.7. The molecular formula is C122H123F3N4O16S4. The molecule has 0 bridgehead atoms. The fraction of sp³-hybridized carbons (Fsp3) is 0.303. The molecule has 0 amide bonds. The topological polar surface area (TPSA) is 253 Å². The zero-order valence-corrected chi connectivity index (χ0v) is 89.0. The monoisotopic (exact) mass is 2080 g/mol. The molecule has 4 atom stereocenters. The molecule has 4 aliphatic rings. The number of ketones is 4. The van der Waals surface area contributed by atoms with Crippen LogP contribution in [0.15, 0.2) is 218 Å². The number of nitrogens with one attached hydrogen (secondary N) is 1. The predicted molar refractivity (Wildman–Crippen MR) is 591 cm³/mol. The highest BCUT2D eigenvalue weighted by atomic mass is 32.1. The molecule has 4 saturated heterocycles. The summed E-state index contributed by atoms with van der Waals surface area (Å²) in [5.41, 5.74) is 16.6. The molecule has 0 saturated carbocycles. The minimum absolute atomic E-state index is 0.00495. The van der Waals surface area contributed by atoms with Crippen molar-refractivity contribution in [3.63, 3.8) is 0 Å². The van der Waals surface area contributed by atoms with Crippen LogP contribution in [0, 0.1) is 83.1 Å². The van der Waals surface area contributed by atoms with E-state index in [0.717, 1.165) is 229 Å². The summed E-state index contributed by atoms with van der Waals surface area (Å²) in [6, 6.07) is 66.5. The van der Waals surface area contributed by atoms with Crippen LogP contribution in [0.25, 0.3) is 51.5 Å². The molecule has 149 heavy (non-hydrogen) atoms. The zero-order chi connectivity index (χ0) is 105. The lowest BCUT2D eigenvalue weighted by Gasteiger charge is -2.16. The number of ether oxygens (including phenoxy) is 7. The Morgan fingerprint density at radius 2 is 0.604 bits per heavy atom. The number of fused-ring (bicyclic) bond motifs is 4. The van der Waals surface area contributed by atoms with Gasteiger partial charge in [-0.25, -0.2) is 4.79 Å². The standard InChI is InChI=1S/C32H32FNO5S.C31H32FNO4S.C31H32FNO3S.C28H27NO4S/c1-19-15-20(2)28(21(3)16-19)29(35)31-30(26-10-5-22(32(36)37)17-27(26)40-31)39-24-8-6-23(7-9-24)38-25-11-14-34(18-25)13-4-12-33;1-19-15-20(2)28(21(3)16-19)29(35)31-30(26-10-5-22(34)17-27(26)38-31)37-24-8-6-23(7-9-24)36-25-11-14-33(18-25)13-4-12-32;1-19-15-20(2)28(21(3)16-19)30(35)31-29(26-10-7-23(34)17-27(26)37-31)22-5-8-24(9-6-22)36-25-11-14-33(18-25)13-4-12-32;1-16-12-17(2)25(18(3)13-16)26(31)28-27(23-9-4-19(30)14-24(23)34-28)33-21-7-5-20(6-8-21)32-22-10-11-29-15-22/h5-10,15-17,25H,4,11-14,18H2,1-3H3,(H,36,37);5-10,15-17,25,34H,4,11-14,18H2,1-3H3;5-10,15-17,25,34H,4,11-14,18H2,1-3H3;4-9,12-14,22,29-30H,10-11,15H2,1-3H3/t3*25-;22-/m0010/s1. The van der Waals surface area contributed by atoms with Gasteiger partial charge in [0, 0.05) is 134 Å². The first kappa shape index (κ1) is 107. The van der Waals surface area contributed by atoms with Crippen LogP contribution in [-0.2, 0) is 0 Å². The number of nitrogens with zero attached hydrogens (tertiary/aromatic N) is 3. The second-order valence-electron chi connectivity index (χ2n) is 39.1. The number of benzene rings is 12. The number of rotatable bonds is 33. The molecule has 4 fully saturated rings. The molecule has 12 aromatic carbocycles. The van der Waals surface area contributed by atoms with E-state index in [-0.39, 0.29) is 90.4 Å². The van der Waals surface area contributed by atoms with Gasteiger partial charge in [0.25, 0.3) is 0 Å². The van der Waals surface area contributed by atoms with E-state index in [1.165, 1.54) is 51.4 Å². The Kier molecular flexibility index (Phi) is 34.2.